The first-order chi connectivity index (χ1) is 15.3. The van der Waals surface area contributed by atoms with E-state index in [2.05, 4.69) is 0 Å². The summed E-state index contributed by atoms with van der Waals surface area (Å²) in [5.74, 6) is -0.438. The number of ether oxygens (including phenoxy) is 2. The van der Waals surface area contributed by atoms with Crippen molar-refractivity contribution in [1.82, 2.24) is 9.80 Å². The number of methoxy groups -OCH3 is 1. The van der Waals surface area contributed by atoms with E-state index in [1.807, 2.05) is 45.0 Å². The Bertz CT molecular complexity index is 1030. The molecule has 2 aromatic rings. The zero-order chi connectivity index (χ0) is 23.4. The summed E-state index contributed by atoms with van der Waals surface area (Å²) in [5, 5.41) is 11.1. The van der Waals surface area contributed by atoms with Crippen molar-refractivity contribution >= 4 is 17.4 Å². The molecule has 7 heteroatoms. The van der Waals surface area contributed by atoms with Crippen LogP contribution in [-0.2, 0) is 9.59 Å². The first kappa shape index (κ1) is 23.3. The van der Waals surface area contributed by atoms with Crippen LogP contribution in [0.5, 0.6) is 11.5 Å². The summed E-state index contributed by atoms with van der Waals surface area (Å²) in [4.78, 5) is 29.5. The predicted molar refractivity (Wildman–Crippen MR) is 123 cm³/mol. The summed E-state index contributed by atoms with van der Waals surface area (Å²) in [6.07, 6.45) is 0. The number of rotatable bonds is 8. The molecule has 1 saturated heterocycles. The summed E-state index contributed by atoms with van der Waals surface area (Å²) in [7, 11) is 5.34. The average molecular weight is 439 g/mol. The topological polar surface area (TPSA) is 79.3 Å². The van der Waals surface area contributed by atoms with E-state index in [1.165, 1.54) is 12.0 Å². The van der Waals surface area contributed by atoms with Crippen LogP contribution in [0.1, 0.15) is 29.7 Å². The third kappa shape index (κ3) is 4.62. The minimum atomic E-state index is -0.735. The zero-order valence-electron chi connectivity index (χ0n) is 19.2. The number of aliphatic hydroxyl groups excluding tert-OH is 1. The van der Waals surface area contributed by atoms with Gasteiger partial charge in [-0.05, 0) is 45.6 Å². The van der Waals surface area contributed by atoms with Gasteiger partial charge in [-0.1, -0.05) is 35.9 Å². The van der Waals surface area contributed by atoms with Gasteiger partial charge in [0.1, 0.15) is 5.76 Å². The fourth-order valence-corrected chi connectivity index (χ4v) is 3.76. The smallest absolute Gasteiger partial charge is 0.295 e. The number of aliphatic hydroxyl groups is 1. The minimum Gasteiger partial charge on any atom is -0.507 e. The molecule has 1 atom stereocenters. The standard InChI is InChI=1S/C25H30N2O5/c1-6-32-19-12-11-18(15-20(19)31-5)22-21(23(28)17-9-7-16(2)8-10-17)24(29)25(30)27(22)14-13-26(3)4/h7-12,15,22,28H,6,13-14H2,1-5H3/t22-/m1/s1. The number of hydrogen-bond donors (Lipinski definition) is 1. The van der Waals surface area contributed by atoms with E-state index < -0.39 is 17.7 Å². The second-order valence-electron chi connectivity index (χ2n) is 8.01. The highest BCUT2D eigenvalue weighted by atomic mass is 16.5. The van der Waals surface area contributed by atoms with Crippen LogP contribution in [0.15, 0.2) is 48.0 Å². The molecule has 7 nitrogen and oxygen atoms in total. The maximum absolute atomic E-state index is 13.1. The van der Waals surface area contributed by atoms with Gasteiger partial charge in [-0.3, -0.25) is 9.59 Å². The van der Waals surface area contributed by atoms with Crippen LogP contribution in [0.3, 0.4) is 0 Å². The molecule has 170 valence electrons. The number of nitrogens with zero attached hydrogens (tertiary/aromatic N) is 2. The van der Waals surface area contributed by atoms with Gasteiger partial charge >= 0.3 is 0 Å². The average Bonchev–Trinajstić information content (AvgIpc) is 3.03. The second-order valence-corrected chi connectivity index (χ2v) is 8.01. The molecule has 1 heterocycles. The van der Waals surface area contributed by atoms with E-state index in [1.54, 1.807) is 30.3 Å². The number of carbonyl (C=O) groups is 2. The minimum absolute atomic E-state index is 0.0730. The van der Waals surface area contributed by atoms with Crippen molar-refractivity contribution in [3.05, 3.63) is 64.7 Å². The van der Waals surface area contributed by atoms with Crippen LogP contribution >= 0.6 is 0 Å². The van der Waals surface area contributed by atoms with Crippen molar-refractivity contribution < 1.29 is 24.2 Å². The molecule has 2 aromatic carbocycles. The Hall–Kier alpha value is -3.32. The first-order valence-electron chi connectivity index (χ1n) is 10.6. The fourth-order valence-electron chi connectivity index (χ4n) is 3.76. The summed E-state index contributed by atoms with van der Waals surface area (Å²) in [6, 6.07) is 11.8. The molecule has 0 saturated carbocycles. The van der Waals surface area contributed by atoms with Gasteiger partial charge in [0.15, 0.2) is 11.5 Å². The Kier molecular flexibility index (Phi) is 7.20. The molecule has 0 aromatic heterocycles. The van der Waals surface area contributed by atoms with E-state index in [4.69, 9.17) is 9.47 Å². The molecular weight excluding hydrogens is 408 g/mol. The van der Waals surface area contributed by atoms with Crippen LogP contribution in [0.25, 0.3) is 5.76 Å². The number of hydrogen-bond acceptors (Lipinski definition) is 6. The van der Waals surface area contributed by atoms with Crippen molar-refractivity contribution in [2.24, 2.45) is 0 Å². The van der Waals surface area contributed by atoms with Crippen molar-refractivity contribution in [2.45, 2.75) is 19.9 Å². The quantitative estimate of drug-likeness (QED) is 0.387. The number of carbonyl (C=O) groups excluding carboxylic acids is 2. The molecule has 1 aliphatic heterocycles. The predicted octanol–water partition coefficient (Wildman–Crippen LogP) is 3.39. The van der Waals surface area contributed by atoms with Gasteiger partial charge in [-0.25, -0.2) is 0 Å². The van der Waals surface area contributed by atoms with Gasteiger partial charge in [-0.2, -0.15) is 0 Å². The molecule has 0 bridgehead atoms. The van der Waals surface area contributed by atoms with E-state index in [9.17, 15) is 14.7 Å². The maximum Gasteiger partial charge on any atom is 0.295 e. The highest BCUT2D eigenvalue weighted by Gasteiger charge is 2.46. The van der Waals surface area contributed by atoms with Crippen molar-refractivity contribution in [3.63, 3.8) is 0 Å². The molecule has 3 rings (SSSR count). The van der Waals surface area contributed by atoms with Gasteiger partial charge in [0.25, 0.3) is 11.7 Å². The molecule has 1 fully saturated rings. The second kappa shape index (κ2) is 9.87. The van der Waals surface area contributed by atoms with E-state index >= 15 is 0 Å². The third-order valence-corrected chi connectivity index (χ3v) is 5.46. The van der Waals surface area contributed by atoms with Crippen LogP contribution in [0.4, 0.5) is 0 Å². The third-order valence-electron chi connectivity index (χ3n) is 5.46. The highest BCUT2D eigenvalue weighted by Crippen LogP contribution is 2.41. The van der Waals surface area contributed by atoms with E-state index in [0.717, 1.165) is 5.56 Å². The van der Waals surface area contributed by atoms with Gasteiger partial charge < -0.3 is 24.4 Å². The number of amides is 1. The van der Waals surface area contributed by atoms with Gasteiger partial charge in [0, 0.05) is 18.7 Å². The monoisotopic (exact) mass is 438 g/mol. The molecular formula is C25H30N2O5. The molecule has 1 amide bonds. The van der Waals surface area contributed by atoms with Crippen molar-refractivity contribution in [2.75, 3.05) is 40.9 Å². The maximum atomic E-state index is 13.1. The van der Waals surface area contributed by atoms with Crippen LogP contribution in [0.2, 0.25) is 0 Å². The van der Waals surface area contributed by atoms with Gasteiger partial charge in [-0.15, -0.1) is 0 Å². The van der Waals surface area contributed by atoms with E-state index in [0.29, 0.717) is 42.3 Å². The first-order valence-corrected chi connectivity index (χ1v) is 10.6. The lowest BCUT2D eigenvalue weighted by atomic mass is 9.94. The Morgan fingerprint density at radius 3 is 2.38 bits per heavy atom. The van der Waals surface area contributed by atoms with E-state index in [-0.39, 0.29) is 11.3 Å². The number of ketones is 1. The molecule has 1 aliphatic rings. The summed E-state index contributed by atoms with van der Waals surface area (Å²) >= 11 is 0. The Labute approximate surface area is 188 Å². The lowest BCUT2D eigenvalue weighted by molar-refractivity contribution is -0.140. The molecule has 0 radical (unpaired) electrons. The highest BCUT2D eigenvalue weighted by molar-refractivity contribution is 6.46. The molecule has 0 spiro atoms. The van der Waals surface area contributed by atoms with Crippen molar-refractivity contribution in [3.8, 4) is 11.5 Å². The fraction of sp³-hybridized carbons (Fsp3) is 0.360. The number of likely N-dealkylation sites (N-methyl/N-ethyl adjacent to an activating group) is 1. The molecule has 0 aliphatic carbocycles. The SMILES string of the molecule is CCOc1ccc([C@@H]2C(=C(O)c3ccc(C)cc3)C(=O)C(=O)N2CCN(C)C)cc1OC. The summed E-state index contributed by atoms with van der Waals surface area (Å²) in [5.41, 5.74) is 2.26. The number of aryl methyl sites for hydroxylation is 1. The van der Waals surface area contributed by atoms with Crippen molar-refractivity contribution in [1.29, 1.82) is 0 Å². The number of Topliss-reactive ketones (excluding diaryl/α,β-unsaturated/α-hetero) is 1. The van der Waals surface area contributed by atoms with Gasteiger partial charge in [0.05, 0.1) is 25.3 Å². The lowest BCUT2D eigenvalue weighted by Crippen LogP contribution is -2.35. The Morgan fingerprint density at radius 2 is 1.78 bits per heavy atom. The zero-order valence-corrected chi connectivity index (χ0v) is 19.2. The molecule has 0 unspecified atom stereocenters. The lowest BCUT2D eigenvalue weighted by Gasteiger charge is -2.27. The normalized spacial score (nSPS) is 17.8. The number of likely N-dealkylation sites (tertiary alicyclic amines) is 1. The van der Waals surface area contributed by atoms with Crippen LogP contribution < -0.4 is 9.47 Å². The molecule has 32 heavy (non-hydrogen) atoms. The summed E-state index contributed by atoms with van der Waals surface area (Å²) < 4.78 is 11.1. The Balaban J connectivity index is 2.16. The van der Waals surface area contributed by atoms with Crippen LogP contribution in [-0.4, -0.2) is 67.5 Å². The Morgan fingerprint density at radius 1 is 1.09 bits per heavy atom. The van der Waals surface area contributed by atoms with Crippen LogP contribution in [0, 0.1) is 6.92 Å². The molecule has 1 N–H and O–H groups in total. The summed E-state index contributed by atoms with van der Waals surface area (Å²) in [6.45, 7) is 5.20. The largest absolute Gasteiger partial charge is 0.507 e. The van der Waals surface area contributed by atoms with Gasteiger partial charge in [0.2, 0.25) is 0 Å². The number of benzene rings is 2.